The van der Waals surface area contributed by atoms with Gasteiger partial charge < -0.3 is 19.0 Å². The number of phenols is 1. The minimum atomic E-state index is -0.575. The fourth-order valence-electron chi connectivity index (χ4n) is 1.91. The van der Waals surface area contributed by atoms with E-state index in [4.69, 9.17) is 13.9 Å². The number of hydrogen-bond donors (Lipinski definition) is 1. The van der Waals surface area contributed by atoms with E-state index in [1.807, 2.05) is 0 Å². The molecule has 2 rings (SSSR count). The van der Waals surface area contributed by atoms with Gasteiger partial charge in [-0.1, -0.05) is 0 Å². The number of ether oxygens (including phenoxy) is 2. The van der Waals surface area contributed by atoms with Crippen molar-refractivity contribution in [2.45, 2.75) is 13.3 Å². The van der Waals surface area contributed by atoms with Gasteiger partial charge in [0.05, 0.1) is 25.7 Å². The molecular weight excluding hydrogens is 288 g/mol. The highest BCUT2D eigenvalue weighted by molar-refractivity contribution is 5.99. The highest BCUT2D eigenvalue weighted by Crippen LogP contribution is 2.25. The molecule has 0 unspecified atom stereocenters. The number of aromatic hydroxyl groups is 1. The van der Waals surface area contributed by atoms with E-state index in [1.54, 1.807) is 13.0 Å². The molecule has 6 nitrogen and oxygen atoms in total. The van der Waals surface area contributed by atoms with Crippen LogP contribution in [-0.4, -0.2) is 30.6 Å². The summed E-state index contributed by atoms with van der Waals surface area (Å²) in [4.78, 5) is 23.6. The Morgan fingerprint density at radius 2 is 2.00 bits per heavy atom. The second-order valence-electron chi connectivity index (χ2n) is 4.47. The first-order chi connectivity index (χ1) is 10.5. The lowest BCUT2D eigenvalue weighted by Gasteiger charge is -2.05. The third kappa shape index (κ3) is 3.46. The van der Waals surface area contributed by atoms with Gasteiger partial charge in [-0.25, -0.2) is 4.79 Å². The van der Waals surface area contributed by atoms with Crippen LogP contribution in [0.25, 0.3) is 0 Å². The maximum Gasteiger partial charge on any atom is 0.374 e. The number of carbonyl (C=O) groups is 2. The molecule has 2 aromatic rings. The molecule has 6 heteroatoms. The van der Waals surface area contributed by atoms with Crippen molar-refractivity contribution in [3.8, 4) is 11.5 Å². The van der Waals surface area contributed by atoms with E-state index in [9.17, 15) is 14.7 Å². The van der Waals surface area contributed by atoms with Crippen LogP contribution in [0.4, 0.5) is 0 Å². The molecule has 0 radical (unpaired) electrons. The Labute approximate surface area is 127 Å². The van der Waals surface area contributed by atoms with Crippen molar-refractivity contribution in [3.63, 3.8) is 0 Å². The van der Waals surface area contributed by atoms with Gasteiger partial charge >= 0.3 is 5.97 Å². The van der Waals surface area contributed by atoms with Crippen molar-refractivity contribution in [1.29, 1.82) is 0 Å². The van der Waals surface area contributed by atoms with E-state index < -0.39 is 5.97 Å². The van der Waals surface area contributed by atoms with E-state index >= 15 is 0 Å². The van der Waals surface area contributed by atoms with Gasteiger partial charge in [0.1, 0.15) is 17.3 Å². The Morgan fingerprint density at radius 3 is 2.64 bits per heavy atom. The summed E-state index contributed by atoms with van der Waals surface area (Å²) in [5, 5.41) is 9.83. The second kappa shape index (κ2) is 6.80. The highest BCUT2D eigenvalue weighted by Gasteiger charge is 2.17. The first-order valence-electron chi connectivity index (χ1n) is 6.71. The number of rotatable bonds is 6. The first-order valence-corrected chi connectivity index (χ1v) is 6.71. The van der Waals surface area contributed by atoms with Crippen LogP contribution in [0.2, 0.25) is 0 Å². The highest BCUT2D eigenvalue weighted by atomic mass is 16.5. The van der Waals surface area contributed by atoms with Crippen LogP contribution in [0.1, 0.15) is 33.6 Å². The van der Waals surface area contributed by atoms with Crippen molar-refractivity contribution < 1.29 is 28.6 Å². The summed E-state index contributed by atoms with van der Waals surface area (Å²) in [6.45, 7) is 1.94. The van der Waals surface area contributed by atoms with E-state index in [2.05, 4.69) is 0 Å². The fraction of sp³-hybridized carbons (Fsp3) is 0.250. The van der Waals surface area contributed by atoms with Crippen molar-refractivity contribution in [1.82, 2.24) is 0 Å². The Hall–Kier alpha value is -2.76. The smallest absolute Gasteiger partial charge is 0.374 e. The lowest BCUT2D eigenvalue weighted by atomic mass is 10.1. The molecule has 1 aromatic heterocycles. The van der Waals surface area contributed by atoms with E-state index in [0.717, 1.165) is 0 Å². The van der Waals surface area contributed by atoms with Crippen LogP contribution < -0.4 is 4.74 Å². The van der Waals surface area contributed by atoms with Crippen molar-refractivity contribution in [2.75, 3.05) is 13.7 Å². The van der Waals surface area contributed by atoms with Gasteiger partial charge in [-0.15, -0.1) is 0 Å². The predicted molar refractivity (Wildman–Crippen MR) is 77.4 cm³/mol. The van der Waals surface area contributed by atoms with Crippen LogP contribution in [-0.2, 0) is 11.2 Å². The number of phenolic OH excluding ortho intramolecular Hbond substituents is 1. The number of ketones is 1. The van der Waals surface area contributed by atoms with Crippen LogP contribution >= 0.6 is 0 Å². The number of furan rings is 1. The molecule has 0 saturated heterocycles. The first kappa shape index (κ1) is 15.6. The number of esters is 1. The van der Waals surface area contributed by atoms with Crippen molar-refractivity contribution in [3.05, 3.63) is 47.4 Å². The molecule has 0 amide bonds. The van der Waals surface area contributed by atoms with Crippen molar-refractivity contribution in [2.24, 2.45) is 0 Å². The molecule has 22 heavy (non-hydrogen) atoms. The van der Waals surface area contributed by atoms with Gasteiger partial charge in [-0.05, 0) is 31.2 Å². The summed E-state index contributed by atoms with van der Waals surface area (Å²) in [6, 6.07) is 7.41. The van der Waals surface area contributed by atoms with Gasteiger partial charge in [-0.3, -0.25) is 4.79 Å². The topological polar surface area (TPSA) is 86.0 Å². The molecule has 0 aliphatic carbocycles. The maximum absolute atomic E-state index is 12.2. The Morgan fingerprint density at radius 1 is 1.23 bits per heavy atom. The quantitative estimate of drug-likeness (QED) is 0.652. The standard InChI is InChI=1S/C16H16O6/c1-3-21-16(19)15-7-5-11(22-15)9-14(18)12-6-4-10(20-2)8-13(12)17/h4-8,17H,3,9H2,1-2H3. The molecule has 0 atom stereocenters. The van der Waals surface area contributed by atoms with Crippen molar-refractivity contribution >= 4 is 11.8 Å². The number of benzene rings is 1. The molecule has 0 spiro atoms. The van der Waals surface area contributed by atoms with Gasteiger partial charge in [0.25, 0.3) is 0 Å². The average Bonchev–Trinajstić information content (AvgIpc) is 2.95. The van der Waals surface area contributed by atoms with Crippen LogP contribution in [0.15, 0.2) is 34.7 Å². The summed E-state index contributed by atoms with van der Waals surface area (Å²) >= 11 is 0. The zero-order valence-electron chi connectivity index (χ0n) is 12.3. The molecule has 1 heterocycles. The second-order valence-corrected chi connectivity index (χ2v) is 4.47. The van der Waals surface area contributed by atoms with Crippen LogP contribution in [0.3, 0.4) is 0 Å². The Kier molecular flexibility index (Phi) is 4.83. The van der Waals surface area contributed by atoms with E-state index in [0.29, 0.717) is 11.5 Å². The third-order valence-corrected chi connectivity index (χ3v) is 2.98. The molecular formula is C16H16O6. The van der Waals surface area contributed by atoms with Crippen LogP contribution in [0, 0.1) is 0 Å². The normalized spacial score (nSPS) is 10.3. The lowest BCUT2D eigenvalue weighted by molar-refractivity contribution is 0.0487. The summed E-state index contributed by atoms with van der Waals surface area (Å²) < 4.78 is 15.0. The van der Waals surface area contributed by atoms with E-state index in [-0.39, 0.29) is 35.9 Å². The number of Topliss-reactive ketones (excluding diaryl/α,β-unsaturated/α-hetero) is 1. The van der Waals surface area contributed by atoms with Gasteiger partial charge in [-0.2, -0.15) is 0 Å². The fourth-order valence-corrected chi connectivity index (χ4v) is 1.91. The molecule has 0 saturated carbocycles. The zero-order chi connectivity index (χ0) is 16.1. The predicted octanol–water partition coefficient (Wildman–Crippen LogP) is 2.60. The van der Waals surface area contributed by atoms with Gasteiger partial charge in [0.2, 0.25) is 5.76 Å². The number of carbonyl (C=O) groups excluding carboxylic acids is 2. The minimum absolute atomic E-state index is 0.0450. The minimum Gasteiger partial charge on any atom is -0.507 e. The molecule has 0 aliphatic rings. The SMILES string of the molecule is CCOC(=O)c1ccc(CC(=O)c2ccc(OC)cc2O)o1. The van der Waals surface area contributed by atoms with Gasteiger partial charge in [0, 0.05) is 6.07 Å². The monoisotopic (exact) mass is 304 g/mol. The lowest BCUT2D eigenvalue weighted by Crippen LogP contribution is -2.04. The Balaban J connectivity index is 2.11. The Bertz CT molecular complexity index is 686. The summed E-state index contributed by atoms with van der Waals surface area (Å²) in [7, 11) is 1.47. The molecule has 1 N–H and O–H groups in total. The number of methoxy groups -OCH3 is 1. The summed E-state index contributed by atoms with van der Waals surface area (Å²) in [5.74, 6) is -0.247. The number of hydrogen-bond acceptors (Lipinski definition) is 6. The largest absolute Gasteiger partial charge is 0.507 e. The molecule has 0 aliphatic heterocycles. The zero-order valence-corrected chi connectivity index (χ0v) is 12.3. The average molecular weight is 304 g/mol. The molecule has 0 fully saturated rings. The van der Waals surface area contributed by atoms with Gasteiger partial charge in [0.15, 0.2) is 5.78 Å². The van der Waals surface area contributed by atoms with E-state index in [1.165, 1.54) is 31.4 Å². The summed E-state index contributed by atoms with van der Waals surface area (Å²) in [6.07, 6.45) is -0.0701. The summed E-state index contributed by atoms with van der Waals surface area (Å²) in [5.41, 5.74) is 0.162. The molecule has 0 bridgehead atoms. The third-order valence-electron chi connectivity index (χ3n) is 2.98. The molecule has 116 valence electrons. The maximum atomic E-state index is 12.2. The van der Waals surface area contributed by atoms with Crippen LogP contribution in [0.5, 0.6) is 11.5 Å². The molecule has 1 aromatic carbocycles.